The predicted octanol–water partition coefficient (Wildman–Crippen LogP) is 1.21. The number of aromatic nitrogens is 2. The number of hydrogen-bond donors (Lipinski definition) is 2. The minimum Gasteiger partial charge on any atom is -0.367 e. The number of amides is 1. The van der Waals surface area contributed by atoms with Gasteiger partial charge >= 0.3 is 0 Å². The van der Waals surface area contributed by atoms with Crippen LogP contribution >= 0.6 is 0 Å². The Hall–Kier alpha value is -2.61. The zero-order chi connectivity index (χ0) is 12.1. The Morgan fingerprint density at radius 3 is 2.94 bits per heavy atom. The number of nitrogens with zero attached hydrogens (tertiary/aromatic N) is 2. The van der Waals surface area contributed by atoms with Gasteiger partial charge in [-0.1, -0.05) is 0 Å². The van der Waals surface area contributed by atoms with Crippen molar-refractivity contribution < 1.29 is 4.79 Å². The summed E-state index contributed by atoms with van der Waals surface area (Å²) >= 11 is 0. The van der Waals surface area contributed by atoms with Crippen LogP contribution in [0.25, 0.3) is 0 Å². The first kappa shape index (κ1) is 10.9. The molecule has 5 heteroatoms. The maximum Gasteiger partial charge on any atom is 0.253 e. The van der Waals surface area contributed by atoms with Gasteiger partial charge in [-0.15, -0.1) is 0 Å². The molecule has 0 fully saturated rings. The van der Waals surface area contributed by atoms with Gasteiger partial charge in [0, 0.05) is 25.1 Å². The van der Waals surface area contributed by atoms with Crippen molar-refractivity contribution in [1.29, 1.82) is 5.26 Å². The zero-order valence-corrected chi connectivity index (χ0v) is 8.97. The van der Waals surface area contributed by atoms with Gasteiger partial charge < -0.3 is 10.3 Å². The fourth-order valence-electron chi connectivity index (χ4n) is 1.35. The van der Waals surface area contributed by atoms with Gasteiger partial charge in [0.05, 0.1) is 5.56 Å². The molecule has 0 saturated carbocycles. The molecule has 0 radical (unpaired) electrons. The highest BCUT2D eigenvalue weighted by atomic mass is 16.1. The normalized spacial score (nSPS) is 9.59. The van der Waals surface area contributed by atoms with E-state index < -0.39 is 0 Å². The van der Waals surface area contributed by atoms with Gasteiger partial charge in [-0.3, -0.25) is 4.79 Å². The number of nitrogens with one attached hydrogen (secondary N) is 2. The molecule has 5 nitrogen and oxygen atoms in total. The van der Waals surface area contributed by atoms with Crippen molar-refractivity contribution in [2.45, 2.75) is 6.54 Å². The Kier molecular flexibility index (Phi) is 3.17. The first-order valence-corrected chi connectivity index (χ1v) is 5.05. The molecule has 0 atom stereocenters. The van der Waals surface area contributed by atoms with E-state index in [1.165, 1.54) is 12.3 Å². The van der Waals surface area contributed by atoms with Gasteiger partial charge in [-0.25, -0.2) is 4.98 Å². The van der Waals surface area contributed by atoms with Crippen molar-refractivity contribution in [3.8, 4) is 6.07 Å². The van der Waals surface area contributed by atoms with Gasteiger partial charge in [-0.2, -0.15) is 5.26 Å². The van der Waals surface area contributed by atoms with Crippen LogP contribution in [0.2, 0.25) is 0 Å². The lowest BCUT2D eigenvalue weighted by Gasteiger charge is -2.03. The molecule has 2 rings (SSSR count). The number of rotatable bonds is 3. The Morgan fingerprint density at radius 2 is 2.35 bits per heavy atom. The molecule has 0 bridgehead atoms. The quantitative estimate of drug-likeness (QED) is 0.825. The minimum absolute atomic E-state index is 0.205. The number of carbonyl (C=O) groups excluding carboxylic acids is 1. The molecular formula is C12H10N4O. The first-order valence-electron chi connectivity index (χ1n) is 5.05. The Balaban J connectivity index is 1.97. The predicted molar refractivity (Wildman–Crippen MR) is 60.9 cm³/mol. The summed E-state index contributed by atoms with van der Waals surface area (Å²) in [5.74, 6) is -0.205. The number of aromatic amines is 1. The molecule has 0 saturated heterocycles. The van der Waals surface area contributed by atoms with E-state index in [4.69, 9.17) is 5.26 Å². The van der Waals surface area contributed by atoms with E-state index in [1.54, 1.807) is 12.3 Å². The summed E-state index contributed by atoms with van der Waals surface area (Å²) in [6.07, 6.45) is 5.01. The van der Waals surface area contributed by atoms with Crippen LogP contribution in [-0.4, -0.2) is 15.9 Å². The molecule has 2 N–H and O–H groups in total. The lowest BCUT2D eigenvalue weighted by atomic mass is 10.2. The second-order valence-electron chi connectivity index (χ2n) is 3.45. The Bertz CT molecular complexity index is 537. The van der Waals surface area contributed by atoms with Crippen LogP contribution in [0.1, 0.15) is 21.6 Å². The van der Waals surface area contributed by atoms with E-state index in [-0.39, 0.29) is 5.91 Å². The number of H-pyrrole nitrogens is 1. The van der Waals surface area contributed by atoms with E-state index in [1.807, 2.05) is 18.3 Å². The van der Waals surface area contributed by atoms with Crippen LogP contribution < -0.4 is 5.32 Å². The zero-order valence-electron chi connectivity index (χ0n) is 8.97. The second kappa shape index (κ2) is 4.94. The van der Waals surface area contributed by atoms with Gasteiger partial charge in [0.25, 0.3) is 5.91 Å². The molecule has 84 valence electrons. The highest BCUT2D eigenvalue weighted by Crippen LogP contribution is 2.01. The van der Waals surface area contributed by atoms with Gasteiger partial charge in [0.15, 0.2) is 0 Å². The molecular weight excluding hydrogens is 216 g/mol. The maximum atomic E-state index is 11.7. The standard InChI is InChI=1S/C12H10N4O/c13-5-11-2-1-10(8-15-11)12(17)16-7-9-3-4-14-6-9/h1-4,6,8,14H,7H2,(H,16,17). The van der Waals surface area contributed by atoms with E-state index in [2.05, 4.69) is 15.3 Å². The Morgan fingerprint density at radius 1 is 1.47 bits per heavy atom. The molecule has 2 heterocycles. The highest BCUT2D eigenvalue weighted by Gasteiger charge is 2.05. The van der Waals surface area contributed by atoms with Crippen molar-refractivity contribution in [3.05, 3.63) is 53.6 Å². The summed E-state index contributed by atoms with van der Waals surface area (Å²) in [4.78, 5) is 18.4. The molecule has 2 aromatic heterocycles. The molecule has 0 aliphatic heterocycles. The van der Waals surface area contributed by atoms with E-state index in [0.29, 0.717) is 17.8 Å². The van der Waals surface area contributed by atoms with E-state index in [9.17, 15) is 4.79 Å². The highest BCUT2D eigenvalue weighted by molar-refractivity contribution is 5.93. The molecule has 2 aromatic rings. The summed E-state index contributed by atoms with van der Waals surface area (Å²) in [5.41, 5.74) is 1.74. The smallest absolute Gasteiger partial charge is 0.253 e. The molecule has 0 unspecified atom stereocenters. The number of hydrogen-bond acceptors (Lipinski definition) is 3. The maximum absolute atomic E-state index is 11.7. The SMILES string of the molecule is N#Cc1ccc(C(=O)NCc2cc[nH]c2)cn1. The van der Waals surface area contributed by atoms with Crippen molar-refractivity contribution in [1.82, 2.24) is 15.3 Å². The van der Waals surface area contributed by atoms with Crippen molar-refractivity contribution in [2.24, 2.45) is 0 Å². The fourth-order valence-corrected chi connectivity index (χ4v) is 1.35. The average molecular weight is 226 g/mol. The molecule has 0 aliphatic carbocycles. The third-order valence-corrected chi connectivity index (χ3v) is 2.26. The number of carbonyl (C=O) groups is 1. The van der Waals surface area contributed by atoms with Crippen LogP contribution in [0.5, 0.6) is 0 Å². The van der Waals surface area contributed by atoms with Crippen LogP contribution in [0.3, 0.4) is 0 Å². The summed E-state index contributed by atoms with van der Waals surface area (Å²) in [6, 6.07) is 6.89. The van der Waals surface area contributed by atoms with E-state index >= 15 is 0 Å². The molecule has 17 heavy (non-hydrogen) atoms. The molecule has 0 aliphatic rings. The van der Waals surface area contributed by atoms with Crippen LogP contribution in [0.4, 0.5) is 0 Å². The first-order chi connectivity index (χ1) is 8.29. The molecule has 1 amide bonds. The van der Waals surface area contributed by atoms with Gasteiger partial charge in [-0.05, 0) is 23.8 Å². The Labute approximate surface area is 98.1 Å². The topological polar surface area (TPSA) is 81.6 Å². The van der Waals surface area contributed by atoms with Crippen LogP contribution in [-0.2, 0) is 6.54 Å². The van der Waals surface area contributed by atoms with E-state index in [0.717, 1.165) is 5.56 Å². The van der Waals surface area contributed by atoms with Crippen LogP contribution in [0, 0.1) is 11.3 Å². The lowest BCUT2D eigenvalue weighted by Crippen LogP contribution is -2.22. The lowest BCUT2D eigenvalue weighted by molar-refractivity contribution is 0.0950. The average Bonchev–Trinajstić information content (AvgIpc) is 2.89. The molecule has 0 aromatic carbocycles. The van der Waals surface area contributed by atoms with Crippen molar-refractivity contribution in [2.75, 3.05) is 0 Å². The minimum atomic E-state index is -0.205. The van der Waals surface area contributed by atoms with Gasteiger partial charge in [0.1, 0.15) is 11.8 Å². The third kappa shape index (κ3) is 2.69. The molecule has 0 spiro atoms. The summed E-state index contributed by atoms with van der Waals surface area (Å²) in [5, 5.41) is 11.3. The van der Waals surface area contributed by atoms with Crippen LogP contribution in [0.15, 0.2) is 36.8 Å². The summed E-state index contributed by atoms with van der Waals surface area (Å²) in [6.45, 7) is 0.461. The summed E-state index contributed by atoms with van der Waals surface area (Å²) in [7, 11) is 0. The summed E-state index contributed by atoms with van der Waals surface area (Å²) < 4.78 is 0. The van der Waals surface area contributed by atoms with Crippen molar-refractivity contribution in [3.63, 3.8) is 0 Å². The second-order valence-corrected chi connectivity index (χ2v) is 3.45. The largest absolute Gasteiger partial charge is 0.367 e. The number of nitriles is 1. The van der Waals surface area contributed by atoms with Gasteiger partial charge in [0.2, 0.25) is 0 Å². The fraction of sp³-hybridized carbons (Fsp3) is 0.0833. The monoisotopic (exact) mass is 226 g/mol. The number of pyridine rings is 1. The van der Waals surface area contributed by atoms with Crippen molar-refractivity contribution >= 4 is 5.91 Å². The third-order valence-electron chi connectivity index (χ3n) is 2.26.